The van der Waals surface area contributed by atoms with Crippen LogP contribution in [0, 0.1) is 6.92 Å². The van der Waals surface area contributed by atoms with E-state index in [1.165, 1.54) is 11.8 Å². The van der Waals surface area contributed by atoms with E-state index in [1.807, 2.05) is 36.6 Å². The van der Waals surface area contributed by atoms with E-state index in [-0.39, 0.29) is 11.7 Å². The number of aryl methyl sites for hydroxylation is 1. The van der Waals surface area contributed by atoms with Gasteiger partial charge >= 0.3 is 0 Å². The first-order valence-corrected chi connectivity index (χ1v) is 10.1. The van der Waals surface area contributed by atoms with Crippen molar-refractivity contribution in [3.63, 3.8) is 0 Å². The Balaban J connectivity index is 1.72. The molecular formula is C19H18Cl2N4OS. The summed E-state index contributed by atoms with van der Waals surface area (Å²) in [5.74, 6) is 0.754. The van der Waals surface area contributed by atoms with Gasteiger partial charge in [0, 0.05) is 12.1 Å². The summed E-state index contributed by atoms with van der Waals surface area (Å²) in [5.41, 5.74) is 2.58. The van der Waals surface area contributed by atoms with Gasteiger partial charge in [-0.25, -0.2) is 0 Å². The molecule has 5 nitrogen and oxygen atoms in total. The summed E-state index contributed by atoms with van der Waals surface area (Å²) in [6.45, 7) is 4.77. The van der Waals surface area contributed by atoms with E-state index in [1.54, 1.807) is 18.2 Å². The van der Waals surface area contributed by atoms with Crippen molar-refractivity contribution in [1.29, 1.82) is 0 Å². The number of amides is 1. The highest BCUT2D eigenvalue weighted by Crippen LogP contribution is 2.30. The Hall–Kier alpha value is -2.02. The molecule has 27 heavy (non-hydrogen) atoms. The fraction of sp³-hybridized carbons (Fsp3) is 0.211. The molecule has 0 saturated heterocycles. The van der Waals surface area contributed by atoms with Crippen molar-refractivity contribution >= 4 is 46.6 Å². The number of halogens is 2. The van der Waals surface area contributed by atoms with Crippen LogP contribution in [0.3, 0.4) is 0 Å². The molecule has 1 N–H and O–H groups in total. The Morgan fingerprint density at radius 2 is 1.85 bits per heavy atom. The topological polar surface area (TPSA) is 59.8 Å². The number of benzene rings is 2. The maximum atomic E-state index is 12.3. The van der Waals surface area contributed by atoms with Gasteiger partial charge in [-0.3, -0.25) is 4.79 Å². The predicted octanol–water partition coefficient (Wildman–Crippen LogP) is 5.31. The molecule has 3 rings (SSSR count). The second-order valence-corrected chi connectivity index (χ2v) is 7.61. The molecule has 0 radical (unpaired) electrons. The van der Waals surface area contributed by atoms with Gasteiger partial charge < -0.3 is 9.88 Å². The quantitative estimate of drug-likeness (QED) is 0.548. The third kappa shape index (κ3) is 4.64. The van der Waals surface area contributed by atoms with Gasteiger partial charge in [0.15, 0.2) is 11.0 Å². The molecule has 0 atom stereocenters. The van der Waals surface area contributed by atoms with Gasteiger partial charge in [0.2, 0.25) is 5.91 Å². The molecule has 0 spiro atoms. The zero-order valence-electron chi connectivity index (χ0n) is 14.9. The average Bonchev–Trinajstić information content (AvgIpc) is 3.06. The van der Waals surface area contributed by atoms with Crippen LogP contribution in [0.4, 0.5) is 5.69 Å². The number of hydrogen-bond acceptors (Lipinski definition) is 4. The molecular weight excluding hydrogens is 403 g/mol. The van der Waals surface area contributed by atoms with Crippen molar-refractivity contribution in [3.05, 3.63) is 58.1 Å². The minimum absolute atomic E-state index is 0.174. The highest BCUT2D eigenvalue weighted by atomic mass is 35.5. The maximum absolute atomic E-state index is 12.3. The van der Waals surface area contributed by atoms with Crippen LogP contribution in [0.15, 0.2) is 47.6 Å². The monoisotopic (exact) mass is 420 g/mol. The summed E-state index contributed by atoms with van der Waals surface area (Å²) < 4.78 is 2.00. The molecule has 0 aliphatic heterocycles. The molecule has 0 bridgehead atoms. The molecule has 0 aliphatic carbocycles. The normalized spacial score (nSPS) is 10.8. The molecule has 2 aromatic carbocycles. The zero-order valence-corrected chi connectivity index (χ0v) is 17.2. The number of anilines is 1. The van der Waals surface area contributed by atoms with E-state index in [2.05, 4.69) is 21.6 Å². The van der Waals surface area contributed by atoms with Crippen LogP contribution in [0.25, 0.3) is 11.4 Å². The largest absolute Gasteiger partial charge is 0.323 e. The van der Waals surface area contributed by atoms with E-state index >= 15 is 0 Å². The number of nitrogens with zero attached hydrogens (tertiary/aromatic N) is 3. The molecule has 0 aliphatic rings. The SMILES string of the molecule is CCn1c(SCC(=O)Nc2c(Cl)cccc2Cl)nnc1-c1cccc(C)c1. The summed E-state index contributed by atoms with van der Waals surface area (Å²) in [4.78, 5) is 12.3. The smallest absolute Gasteiger partial charge is 0.234 e. The van der Waals surface area contributed by atoms with E-state index < -0.39 is 0 Å². The summed E-state index contributed by atoms with van der Waals surface area (Å²) in [7, 11) is 0. The lowest BCUT2D eigenvalue weighted by Gasteiger charge is -2.10. The van der Waals surface area contributed by atoms with Crippen LogP contribution in [0.5, 0.6) is 0 Å². The highest BCUT2D eigenvalue weighted by Gasteiger charge is 2.16. The summed E-state index contributed by atoms with van der Waals surface area (Å²) >= 11 is 13.5. The Bertz CT molecular complexity index is 954. The number of hydrogen-bond donors (Lipinski definition) is 1. The van der Waals surface area contributed by atoms with Gasteiger partial charge in [-0.2, -0.15) is 0 Å². The van der Waals surface area contributed by atoms with Crippen molar-refractivity contribution in [3.8, 4) is 11.4 Å². The Morgan fingerprint density at radius 1 is 1.15 bits per heavy atom. The molecule has 0 unspecified atom stereocenters. The first-order chi connectivity index (χ1) is 13.0. The van der Waals surface area contributed by atoms with E-state index in [0.717, 1.165) is 17.0 Å². The van der Waals surface area contributed by atoms with Crippen LogP contribution in [0.1, 0.15) is 12.5 Å². The molecule has 140 valence electrons. The molecule has 0 fully saturated rings. The van der Waals surface area contributed by atoms with Crippen molar-refractivity contribution in [2.24, 2.45) is 0 Å². The fourth-order valence-electron chi connectivity index (χ4n) is 2.60. The second kappa shape index (κ2) is 8.78. The molecule has 1 aromatic heterocycles. The third-order valence-electron chi connectivity index (χ3n) is 3.87. The zero-order chi connectivity index (χ0) is 19.4. The van der Waals surface area contributed by atoms with Gasteiger partial charge in [0.25, 0.3) is 0 Å². The van der Waals surface area contributed by atoms with Gasteiger partial charge in [-0.1, -0.05) is 64.8 Å². The minimum Gasteiger partial charge on any atom is -0.323 e. The fourth-order valence-corrected chi connectivity index (χ4v) is 3.90. The lowest BCUT2D eigenvalue weighted by Crippen LogP contribution is -2.15. The molecule has 1 amide bonds. The summed E-state index contributed by atoms with van der Waals surface area (Å²) in [5, 5.41) is 12.8. The standard InChI is InChI=1S/C19H18Cl2N4OS/c1-3-25-18(13-7-4-6-12(2)10-13)23-24-19(25)27-11-16(26)22-17-14(20)8-5-9-15(17)21/h4-10H,3,11H2,1-2H3,(H,22,26). The van der Waals surface area contributed by atoms with E-state index in [4.69, 9.17) is 23.2 Å². The van der Waals surface area contributed by atoms with Crippen molar-refractivity contribution < 1.29 is 4.79 Å². The molecule has 0 saturated carbocycles. The lowest BCUT2D eigenvalue weighted by molar-refractivity contribution is -0.113. The third-order valence-corrected chi connectivity index (χ3v) is 5.47. The van der Waals surface area contributed by atoms with Crippen molar-refractivity contribution in [2.75, 3.05) is 11.1 Å². The maximum Gasteiger partial charge on any atom is 0.234 e. The Morgan fingerprint density at radius 3 is 2.52 bits per heavy atom. The lowest BCUT2D eigenvalue weighted by atomic mass is 10.1. The van der Waals surface area contributed by atoms with Crippen LogP contribution in [0.2, 0.25) is 10.0 Å². The number of thioether (sulfide) groups is 1. The molecule has 3 aromatic rings. The highest BCUT2D eigenvalue weighted by molar-refractivity contribution is 7.99. The number of aromatic nitrogens is 3. The molecule has 8 heteroatoms. The van der Waals surface area contributed by atoms with Crippen molar-refractivity contribution in [1.82, 2.24) is 14.8 Å². The van der Waals surface area contributed by atoms with Crippen LogP contribution < -0.4 is 5.32 Å². The van der Waals surface area contributed by atoms with Crippen LogP contribution >= 0.6 is 35.0 Å². The molecule has 1 heterocycles. The minimum atomic E-state index is -0.210. The number of para-hydroxylation sites is 1. The number of carbonyl (C=O) groups excluding carboxylic acids is 1. The first kappa shape index (κ1) is 19.7. The summed E-state index contributed by atoms with van der Waals surface area (Å²) in [6, 6.07) is 13.2. The van der Waals surface area contributed by atoms with Gasteiger partial charge in [-0.15, -0.1) is 10.2 Å². The average molecular weight is 421 g/mol. The van der Waals surface area contributed by atoms with Gasteiger partial charge in [-0.05, 0) is 32.0 Å². The van der Waals surface area contributed by atoms with E-state index in [9.17, 15) is 4.79 Å². The Kier molecular flexibility index (Phi) is 6.42. The van der Waals surface area contributed by atoms with Crippen LogP contribution in [-0.4, -0.2) is 26.4 Å². The van der Waals surface area contributed by atoms with Gasteiger partial charge in [0.1, 0.15) is 0 Å². The van der Waals surface area contributed by atoms with Crippen molar-refractivity contribution in [2.45, 2.75) is 25.5 Å². The van der Waals surface area contributed by atoms with E-state index in [0.29, 0.717) is 27.4 Å². The number of rotatable bonds is 6. The second-order valence-electron chi connectivity index (χ2n) is 5.85. The van der Waals surface area contributed by atoms with Crippen LogP contribution in [-0.2, 0) is 11.3 Å². The predicted molar refractivity (Wildman–Crippen MR) is 112 cm³/mol. The van der Waals surface area contributed by atoms with Gasteiger partial charge in [0.05, 0.1) is 21.5 Å². The number of carbonyl (C=O) groups is 1. The number of nitrogens with one attached hydrogen (secondary N) is 1. The summed E-state index contributed by atoms with van der Waals surface area (Å²) in [6.07, 6.45) is 0. The Labute approximate surface area is 172 Å². The first-order valence-electron chi connectivity index (χ1n) is 8.36.